The summed E-state index contributed by atoms with van der Waals surface area (Å²) in [6.45, 7) is 0.156. The number of nitrogens with zero attached hydrogens (tertiary/aromatic N) is 1. The third-order valence-electron chi connectivity index (χ3n) is 3.05. The molecule has 1 aromatic carbocycles. The van der Waals surface area contributed by atoms with E-state index in [1.807, 2.05) is 24.3 Å². The number of ether oxygens (including phenoxy) is 2. The summed E-state index contributed by atoms with van der Waals surface area (Å²) in [6.07, 6.45) is 0.532. The summed E-state index contributed by atoms with van der Waals surface area (Å²) in [7, 11) is 1.59. The molecule has 0 saturated heterocycles. The van der Waals surface area contributed by atoms with Crippen molar-refractivity contribution in [2.24, 2.45) is 0 Å². The lowest BCUT2D eigenvalue weighted by atomic mass is 10.1. The maximum atomic E-state index is 12.0. The van der Waals surface area contributed by atoms with Crippen LogP contribution in [0.2, 0.25) is 15.2 Å². The number of anilines is 1. The maximum Gasteiger partial charge on any atom is 0.358 e. The smallest absolute Gasteiger partial charge is 0.358 e. The highest BCUT2D eigenvalue weighted by atomic mass is 35.5. The van der Waals surface area contributed by atoms with E-state index < -0.39 is 5.97 Å². The number of hydrogen-bond acceptors (Lipinski definition) is 5. The summed E-state index contributed by atoms with van der Waals surface area (Å²) in [6, 6.07) is 7.43. The van der Waals surface area contributed by atoms with Crippen LogP contribution in [0.1, 0.15) is 16.1 Å². The van der Waals surface area contributed by atoms with Crippen molar-refractivity contribution in [3.8, 4) is 5.75 Å². The van der Waals surface area contributed by atoms with Gasteiger partial charge in [-0.05, 0) is 17.7 Å². The molecule has 0 saturated carbocycles. The van der Waals surface area contributed by atoms with Crippen molar-refractivity contribution >= 4 is 46.5 Å². The average Bonchev–Trinajstić information content (AvgIpc) is 2.56. The van der Waals surface area contributed by atoms with Gasteiger partial charge in [0.25, 0.3) is 0 Å². The van der Waals surface area contributed by atoms with Gasteiger partial charge in [-0.1, -0.05) is 46.9 Å². The van der Waals surface area contributed by atoms with E-state index in [1.54, 1.807) is 7.11 Å². The Bertz CT molecular complexity index is 721. The van der Waals surface area contributed by atoms with E-state index in [4.69, 9.17) is 50.0 Å². The topological polar surface area (TPSA) is 74.4 Å². The van der Waals surface area contributed by atoms with Gasteiger partial charge in [-0.25, -0.2) is 9.78 Å². The Morgan fingerprint density at radius 2 is 1.83 bits per heavy atom. The Kier molecular flexibility index (Phi) is 5.93. The molecule has 0 atom stereocenters. The highest BCUT2D eigenvalue weighted by Gasteiger charge is 2.20. The second kappa shape index (κ2) is 7.73. The summed E-state index contributed by atoms with van der Waals surface area (Å²) in [5.74, 6) is 0.0433. The molecule has 0 spiro atoms. The third kappa shape index (κ3) is 4.19. The van der Waals surface area contributed by atoms with Crippen LogP contribution in [0.15, 0.2) is 24.3 Å². The first-order chi connectivity index (χ1) is 10.9. The van der Waals surface area contributed by atoms with E-state index in [9.17, 15) is 4.79 Å². The number of aromatic nitrogens is 1. The molecule has 0 aliphatic carbocycles. The van der Waals surface area contributed by atoms with Gasteiger partial charge in [0.2, 0.25) is 0 Å². The fraction of sp³-hybridized carbons (Fsp3) is 0.200. The van der Waals surface area contributed by atoms with Crippen LogP contribution in [-0.2, 0) is 11.2 Å². The maximum absolute atomic E-state index is 12.0. The van der Waals surface area contributed by atoms with Gasteiger partial charge in [-0.15, -0.1) is 0 Å². The zero-order valence-electron chi connectivity index (χ0n) is 12.1. The number of nitrogen functional groups attached to an aromatic ring is 1. The Morgan fingerprint density at radius 3 is 2.43 bits per heavy atom. The van der Waals surface area contributed by atoms with Crippen molar-refractivity contribution in [3.05, 3.63) is 50.7 Å². The summed E-state index contributed by atoms with van der Waals surface area (Å²) in [5, 5.41) is -0.170. The molecule has 1 heterocycles. The predicted octanol–water partition coefficient (Wildman–Crippen LogP) is 4.03. The molecule has 0 fully saturated rings. The van der Waals surface area contributed by atoms with Crippen molar-refractivity contribution in [1.29, 1.82) is 0 Å². The van der Waals surface area contributed by atoms with Gasteiger partial charge < -0.3 is 15.2 Å². The standard InChI is InChI=1S/C15H13Cl3N2O3/c1-22-9-4-2-8(3-5-9)6-7-23-15(21)13-10(16)12(19)11(17)14(18)20-13/h2-5H,6-7H2,1H3,(H2,19,20). The fourth-order valence-electron chi connectivity index (χ4n) is 1.79. The molecule has 122 valence electrons. The SMILES string of the molecule is COc1ccc(CCOC(=O)c2nc(Cl)c(Cl)c(N)c2Cl)cc1. The molecule has 0 aliphatic heterocycles. The molecule has 5 nitrogen and oxygen atoms in total. The minimum absolute atomic E-state index is 0.00422. The van der Waals surface area contributed by atoms with Crippen LogP contribution >= 0.6 is 34.8 Å². The van der Waals surface area contributed by atoms with Gasteiger partial charge in [0, 0.05) is 6.42 Å². The molecule has 0 aliphatic rings. The van der Waals surface area contributed by atoms with Crippen molar-refractivity contribution in [3.63, 3.8) is 0 Å². The number of carbonyl (C=O) groups excluding carboxylic acids is 1. The number of pyridine rings is 1. The summed E-state index contributed by atoms with van der Waals surface area (Å²) < 4.78 is 10.2. The van der Waals surface area contributed by atoms with Crippen LogP contribution in [0.5, 0.6) is 5.75 Å². The molecule has 0 bridgehead atoms. The Morgan fingerprint density at radius 1 is 1.17 bits per heavy atom. The molecular weight excluding hydrogens is 363 g/mol. The van der Waals surface area contributed by atoms with E-state index in [1.165, 1.54) is 0 Å². The third-order valence-corrected chi connectivity index (χ3v) is 4.18. The zero-order valence-corrected chi connectivity index (χ0v) is 14.4. The van der Waals surface area contributed by atoms with Crippen LogP contribution in [0.3, 0.4) is 0 Å². The van der Waals surface area contributed by atoms with Crippen LogP contribution in [0.4, 0.5) is 5.69 Å². The monoisotopic (exact) mass is 374 g/mol. The first-order valence-corrected chi connectivity index (χ1v) is 7.67. The average molecular weight is 376 g/mol. The lowest BCUT2D eigenvalue weighted by Gasteiger charge is -2.09. The lowest BCUT2D eigenvalue weighted by Crippen LogP contribution is -2.12. The number of esters is 1. The molecule has 2 aromatic rings. The molecule has 2 N–H and O–H groups in total. The quantitative estimate of drug-likeness (QED) is 0.631. The first kappa shape index (κ1) is 17.7. The van der Waals surface area contributed by atoms with Crippen molar-refractivity contribution < 1.29 is 14.3 Å². The zero-order chi connectivity index (χ0) is 17.0. The van der Waals surface area contributed by atoms with E-state index >= 15 is 0 Å². The van der Waals surface area contributed by atoms with Gasteiger partial charge in [0.05, 0.1) is 24.4 Å². The van der Waals surface area contributed by atoms with Gasteiger partial charge >= 0.3 is 5.97 Å². The highest BCUT2D eigenvalue weighted by Crippen LogP contribution is 2.34. The first-order valence-electron chi connectivity index (χ1n) is 6.54. The lowest BCUT2D eigenvalue weighted by molar-refractivity contribution is 0.0502. The number of carbonyl (C=O) groups is 1. The minimum Gasteiger partial charge on any atom is -0.497 e. The normalized spacial score (nSPS) is 10.4. The van der Waals surface area contributed by atoms with Gasteiger partial charge in [-0.2, -0.15) is 0 Å². The van der Waals surface area contributed by atoms with Gasteiger partial charge in [-0.3, -0.25) is 0 Å². The van der Waals surface area contributed by atoms with Crippen molar-refractivity contribution in [2.75, 3.05) is 19.5 Å². The molecule has 23 heavy (non-hydrogen) atoms. The number of hydrogen-bond donors (Lipinski definition) is 1. The van der Waals surface area contributed by atoms with E-state index in [2.05, 4.69) is 4.98 Å². The molecule has 8 heteroatoms. The van der Waals surface area contributed by atoms with Crippen molar-refractivity contribution in [1.82, 2.24) is 4.98 Å². The van der Waals surface area contributed by atoms with E-state index in [0.29, 0.717) is 6.42 Å². The molecular formula is C15H13Cl3N2O3. The summed E-state index contributed by atoms with van der Waals surface area (Å²) in [5.41, 5.74) is 6.49. The number of methoxy groups -OCH3 is 1. The van der Waals surface area contributed by atoms with Crippen molar-refractivity contribution in [2.45, 2.75) is 6.42 Å². The van der Waals surface area contributed by atoms with Crippen LogP contribution in [0.25, 0.3) is 0 Å². The fourth-order valence-corrected chi connectivity index (χ4v) is 2.37. The molecule has 1 aromatic heterocycles. The van der Waals surface area contributed by atoms with E-state index in [-0.39, 0.29) is 33.2 Å². The predicted molar refractivity (Wildman–Crippen MR) is 90.7 cm³/mol. The van der Waals surface area contributed by atoms with Gasteiger partial charge in [0.1, 0.15) is 10.8 Å². The number of benzene rings is 1. The Hall–Kier alpha value is -1.69. The van der Waals surface area contributed by atoms with Crippen LogP contribution in [0, 0.1) is 0 Å². The Labute approximate surface area is 148 Å². The highest BCUT2D eigenvalue weighted by molar-refractivity contribution is 6.46. The van der Waals surface area contributed by atoms with Crippen LogP contribution in [-0.4, -0.2) is 24.7 Å². The number of rotatable bonds is 5. The minimum atomic E-state index is -0.714. The Balaban J connectivity index is 2.00. The second-order valence-electron chi connectivity index (χ2n) is 4.53. The second-order valence-corrected chi connectivity index (χ2v) is 5.64. The molecule has 0 radical (unpaired) electrons. The number of halogens is 3. The molecule has 2 rings (SSSR count). The molecule has 0 amide bonds. The van der Waals surface area contributed by atoms with E-state index in [0.717, 1.165) is 11.3 Å². The van der Waals surface area contributed by atoms with Gasteiger partial charge in [0.15, 0.2) is 10.8 Å². The van der Waals surface area contributed by atoms with Crippen LogP contribution < -0.4 is 10.5 Å². The summed E-state index contributed by atoms with van der Waals surface area (Å²) >= 11 is 17.5. The number of nitrogens with two attached hydrogens (primary N) is 1. The summed E-state index contributed by atoms with van der Waals surface area (Å²) in [4.78, 5) is 15.8. The largest absolute Gasteiger partial charge is 0.497 e. The molecule has 0 unspecified atom stereocenters.